The van der Waals surface area contributed by atoms with Gasteiger partial charge in [0.2, 0.25) is 0 Å². The Morgan fingerprint density at radius 1 is 0.370 bits per heavy atom. The molecule has 250 valence electrons. The summed E-state index contributed by atoms with van der Waals surface area (Å²) in [5, 5.41) is 3.69. The Kier molecular flexibility index (Phi) is 6.01. The van der Waals surface area contributed by atoms with Crippen molar-refractivity contribution in [1.82, 2.24) is 9.55 Å². The van der Waals surface area contributed by atoms with Gasteiger partial charge < -0.3 is 0 Å². The average molecular weight is 685 g/mol. The molecule has 0 aliphatic heterocycles. The summed E-state index contributed by atoms with van der Waals surface area (Å²) in [5.74, 6) is 0.942. The highest BCUT2D eigenvalue weighted by Crippen LogP contribution is 2.57. The van der Waals surface area contributed by atoms with Gasteiger partial charge in [-0.25, -0.2) is 4.98 Å². The molecule has 0 bridgehead atoms. The number of fused-ring (bicyclic) bond motifs is 9. The number of hydrogen-bond donors (Lipinski definition) is 0. The second-order valence-corrected chi connectivity index (χ2v) is 14.6. The summed E-state index contributed by atoms with van der Waals surface area (Å²) in [4.78, 5) is 5.33. The van der Waals surface area contributed by atoms with Crippen LogP contribution in [0.2, 0.25) is 0 Å². The maximum absolute atomic E-state index is 5.33. The Labute approximate surface area is 313 Å². The highest BCUT2D eigenvalue weighted by Gasteiger charge is 2.46. The van der Waals surface area contributed by atoms with E-state index in [9.17, 15) is 0 Å². The van der Waals surface area contributed by atoms with Crippen molar-refractivity contribution < 1.29 is 0 Å². The first-order valence-corrected chi connectivity index (χ1v) is 18.7. The third kappa shape index (κ3) is 3.87. The largest absolute Gasteiger partial charge is 0.294 e. The molecule has 0 fully saturated rings. The van der Waals surface area contributed by atoms with E-state index in [4.69, 9.17) is 4.98 Å². The van der Waals surface area contributed by atoms with E-state index >= 15 is 0 Å². The molecule has 8 aromatic carbocycles. The zero-order chi connectivity index (χ0) is 35.4. The molecular formula is C52H32N2. The minimum atomic E-state index is -0.404. The smallest absolute Gasteiger partial charge is 0.138 e. The fourth-order valence-electron chi connectivity index (χ4n) is 9.81. The van der Waals surface area contributed by atoms with Gasteiger partial charge >= 0.3 is 0 Å². The van der Waals surface area contributed by atoms with Crippen LogP contribution in [0.4, 0.5) is 0 Å². The minimum Gasteiger partial charge on any atom is -0.294 e. The van der Waals surface area contributed by atoms with Gasteiger partial charge in [0.15, 0.2) is 0 Å². The molecule has 0 radical (unpaired) electrons. The first-order chi connectivity index (χ1) is 26.8. The fourth-order valence-corrected chi connectivity index (χ4v) is 9.81. The zero-order valence-corrected chi connectivity index (χ0v) is 29.4. The van der Waals surface area contributed by atoms with E-state index in [-0.39, 0.29) is 0 Å². The molecular weight excluding hydrogens is 653 g/mol. The van der Waals surface area contributed by atoms with Crippen molar-refractivity contribution in [2.75, 3.05) is 0 Å². The zero-order valence-electron chi connectivity index (χ0n) is 29.4. The molecule has 10 aromatic rings. The third-order valence-corrected chi connectivity index (χ3v) is 12.0. The molecule has 0 atom stereocenters. The summed E-state index contributed by atoms with van der Waals surface area (Å²) in [7, 11) is 0. The van der Waals surface area contributed by atoms with Crippen LogP contribution in [-0.2, 0) is 5.41 Å². The first-order valence-electron chi connectivity index (χ1n) is 18.7. The molecule has 0 saturated heterocycles. The van der Waals surface area contributed by atoms with Crippen molar-refractivity contribution in [3.8, 4) is 50.3 Å². The number of benzene rings is 8. The van der Waals surface area contributed by atoms with Gasteiger partial charge in [-0.15, -0.1) is 0 Å². The van der Waals surface area contributed by atoms with E-state index < -0.39 is 5.41 Å². The van der Waals surface area contributed by atoms with Crippen LogP contribution >= 0.6 is 0 Å². The monoisotopic (exact) mass is 684 g/mol. The normalized spacial score (nSPS) is 13.3. The maximum Gasteiger partial charge on any atom is 0.138 e. The Morgan fingerprint density at radius 2 is 0.963 bits per heavy atom. The first kappa shape index (κ1) is 29.5. The molecule has 2 heterocycles. The van der Waals surface area contributed by atoms with Crippen molar-refractivity contribution in [1.29, 1.82) is 0 Å². The average Bonchev–Trinajstić information content (AvgIpc) is 3.86. The van der Waals surface area contributed by atoms with Crippen LogP contribution in [0.3, 0.4) is 0 Å². The summed E-state index contributed by atoms with van der Waals surface area (Å²) < 4.78 is 2.35. The molecule has 0 saturated carbocycles. The van der Waals surface area contributed by atoms with E-state index in [0.29, 0.717) is 0 Å². The van der Waals surface area contributed by atoms with E-state index in [1.54, 1.807) is 0 Å². The van der Waals surface area contributed by atoms with Crippen LogP contribution in [0, 0.1) is 0 Å². The van der Waals surface area contributed by atoms with Gasteiger partial charge in [0.05, 0.1) is 22.0 Å². The molecule has 2 nitrogen and oxygen atoms in total. The lowest BCUT2D eigenvalue weighted by Gasteiger charge is -2.33. The van der Waals surface area contributed by atoms with Gasteiger partial charge in [0, 0.05) is 16.2 Å². The highest BCUT2D eigenvalue weighted by atomic mass is 15.1. The van der Waals surface area contributed by atoms with Crippen molar-refractivity contribution in [3.05, 3.63) is 216 Å². The third-order valence-electron chi connectivity index (χ3n) is 12.0. The molecule has 12 rings (SSSR count). The van der Waals surface area contributed by atoms with Gasteiger partial charge in [-0.05, 0) is 103 Å². The predicted molar refractivity (Wildman–Crippen MR) is 223 cm³/mol. The molecule has 2 aromatic heterocycles. The topological polar surface area (TPSA) is 17.8 Å². The van der Waals surface area contributed by atoms with Crippen LogP contribution in [0.25, 0.3) is 83.0 Å². The number of aromatic nitrogens is 2. The van der Waals surface area contributed by atoms with Gasteiger partial charge in [0.1, 0.15) is 5.82 Å². The summed E-state index contributed by atoms with van der Waals surface area (Å²) in [5.41, 5.74) is 18.2. The molecule has 0 amide bonds. The Hall–Kier alpha value is -7.03. The second-order valence-electron chi connectivity index (χ2n) is 14.6. The van der Waals surface area contributed by atoms with Gasteiger partial charge in [-0.2, -0.15) is 0 Å². The van der Waals surface area contributed by atoms with Crippen molar-refractivity contribution in [2.24, 2.45) is 0 Å². The standard InChI is InChI=1S/C52H32N2/c1-3-14-35(15-4-1)52(36-16-5-2-6-17-36)45-23-11-9-20-39(45)42-30-33(26-28-46(42)52)34-27-29-49-43(31-34)40-21-10-12-25-48(40)54(49)50-32-44-38-19-8-7-18-37(38)41-22-13-24-47(53-50)51(41)44/h1-32H. The second kappa shape index (κ2) is 11.0. The molecule has 0 unspecified atom stereocenters. The maximum atomic E-state index is 5.33. The van der Waals surface area contributed by atoms with Crippen LogP contribution in [-0.4, -0.2) is 9.55 Å². The summed E-state index contributed by atoms with van der Waals surface area (Å²) >= 11 is 0. The van der Waals surface area contributed by atoms with Crippen LogP contribution in [0.15, 0.2) is 194 Å². The van der Waals surface area contributed by atoms with E-state index in [1.807, 2.05) is 0 Å². The van der Waals surface area contributed by atoms with E-state index in [0.717, 1.165) is 22.4 Å². The van der Waals surface area contributed by atoms with E-state index in [1.165, 1.54) is 82.9 Å². The Morgan fingerprint density at radius 3 is 1.76 bits per heavy atom. The van der Waals surface area contributed by atoms with Crippen LogP contribution < -0.4 is 0 Å². The van der Waals surface area contributed by atoms with Crippen molar-refractivity contribution >= 4 is 32.7 Å². The van der Waals surface area contributed by atoms with Crippen LogP contribution in [0.5, 0.6) is 0 Å². The van der Waals surface area contributed by atoms with Crippen LogP contribution in [0.1, 0.15) is 22.3 Å². The van der Waals surface area contributed by atoms with Crippen molar-refractivity contribution in [3.63, 3.8) is 0 Å². The molecule has 2 aliphatic carbocycles. The molecule has 2 heteroatoms. The lowest BCUT2D eigenvalue weighted by atomic mass is 9.67. The summed E-state index contributed by atoms with van der Waals surface area (Å²) in [6.45, 7) is 0. The summed E-state index contributed by atoms with van der Waals surface area (Å²) in [6, 6.07) is 71.4. The lowest BCUT2D eigenvalue weighted by Crippen LogP contribution is -2.28. The number of nitrogens with zero attached hydrogens (tertiary/aromatic N) is 2. The van der Waals surface area contributed by atoms with Gasteiger partial charge in [-0.3, -0.25) is 4.57 Å². The number of para-hydroxylation sites is 1. The molecule has 2 aliphatic rings. The minimum absolute atomic E-state index is 0.404. The highest BCUT2D eigenvalue weighted by molar-refractivity contribution is 6.15. The SMILES string of the molecule is c1ccc(C2(c3ccccc3)c3ccccc3-c3cc(-c4ccc5c(c4)c4ccccc4n5-c4cc5c6c(cccc6n4)-c4ccccc4-5)ccc32)cc1. The Bertz CT molecular complexity index is 3110. The molecule has 0 N–H and O–H groups in total. The van der Waals surface area contributed by atoms with Gasteiger partial charge in [-0.1, -0.05) is 158 Å². The van der Waals surface area contributed by atoms with E-state index in [2.05, 4.69) is 199 Å². The van der Waals surface area contributed by atoms with Gasteiger partial charge in [0.25, 0.3) is 0 Å². The number of hydrogen-bond acceptors (Lipinski definition) is 1. The summed E-state index contributed by atoms with van der Waals surface area (Å²) in [6.07, 6.45) is 0. The number of pyridine rings is 1. The predicted octanol–water partition coefficient (Wildman–Crippen LogP) is 13.0. The fraction of sp³-hybridized carbons (Fsp3) is 0.0192. The molecule has 54 heavy (non-hydrogen) atoms. The lowest BCUT2D eigenvalue weighted by molar-refractivity contribution is 0.768. The Balaban J connectivity index is 1.06. The van der Waals surface area contributed by atoms with Crippen molar-refractivity contribution in [2.45, 2.75) is 5.41 Å². The quantitative estimate of drug-likeness (QED) is 0.180. The number of rotatable bonds is 4. The molecule has 0 spiro atoms.